The number of ether oxygens (including phenoxy) is 3. The van der Waals surface area contributed by atoms with Gasteiger partial charge in [-0.25, -0.2) is 0 Å². The molecule has 0 radical (unpaired) electrons. The van der Waals surface area contributed by atoms with Crippen molar-refractivity contribution in [2.45, 2.75) is 95.0 Å². The van der Waals surface area contributed by atoms with Crippen molar-refractivity contribution < 1.29 is 46.6 Å². The van der Waals surface area contributed by atoms with E-state index in [0.29, 0.717) is 31.7 Å². The maximum Gasteiger partial charge on any atom is 0.573 e. The molecule has 44 heavy (non-hydrogen) atoms. The van der Waals surface area contributed by atoms with E-state index in [9.17, 15) is 32.3 Å². The fourth-order valence-electron chi connectivity index (χ4n) is 5.59. The quantitative estimate of drug-likeness (QED) is 0.229. The van der Waals surface area contributed by atoms with Crippen LogP contribution >= 0.6 is 0 Å². The van der Waals surface area contributed by atoms with Gasteiger partial charge in [-0.05, 0) is 43.9 Å². The highest BCUT2D eigenvalue weighted by atomic mass is 19.4. The van der Waals surface area contributed by atoms with Crippen LogP contribution in [0.3, 0.4) is 0 Å². The van der Waals surface area contributed by atoms with Crippen LogP contribution in [-0.4, -0.2) is 86.0 Å². The zero-order chi connectivity index (χ0) is 31.9. The van der Waals surface area contributed by atoms with E-state index < -0.39 is 53.6 Å². The number of Topliss-reactive ketones (excluding diaryl/α,β-unsaturated/α-hetero) is 1. The maximum absolute atomic E-state index is 13.7. The van der Waals surface area contributed by atoms with Gasteiger partial charge in [-0.15, -0.1) is 13.2 Å². The van der Waals surface area contributed by atoms with Gasteiger partial charge in [0.25, 0.3) is 0 Å². The molecule has 1 aliphatic carbocycles. The minimum absolute atomic E-state index is 0.0483. The number of carbonyl (C=O) groups is 4. The average Bonchev–Trinajstić information content (AvgIpc) is 3.50. The summed E-state index contributed by atoms with van der Waals surface area (Å²) in [4.78, 5) is 52.7. The van der Waals surface area contributed by atoms with Gasteiger partial charge in [0.15, 0.2) is 5.78 Å². The van der Waals surface area contributed by atoms with E-state index in [1.165, 1.54) is 19.1 Å². The van der Waals surface area contributed by atoms with E-state index in [4.69, 9.17) is 9.47 Å². The van der Waals surface area contributed by atoms with Crippen molar-refractivity contribution in [1.29, 1.82) is 0 Å². The molecule has 1 aromatic carbocycles. The number of benzene rings is 1. The lowest BCUT2D eigenvalue weighted by molar-refractivity contribution is -0.274. The molecule has 3 amide bonds. The molecule has 3 aliphatic rings. The molecule has 244 valence electrons. The summed E-state index contributed by atoms with van der Waals surface area (Å²) in [6.45, 7) is 5.08. The van der Waals surface area contributed by atoms with Gasteiger partial charge >= 0.3 is 6.36 Å². The Hall–Kier alpha value is -3.23. The van der Waals surface area contributed by atoms with Crippen LogP contribution in [0.4, 0.5) is 13.2 Å². The first kappa shape index (κ1) is 33.7. The van der Waals surface area contributed by atoms with Crippen LogP contribution in [0.1, 0.15) is 57.9 Å². The summed E-state index contributed by atoms with van der Waals surface area (Å²) in [5, 5.41) is 11.2. The standard InChI is InChI=1S/C30H41F3N4O7/c1-18(35-25(38)15-22-16-34-11-12-42-22)27(40)37-24(14-20-7-9-21(10-8-20)44-30(31,32)33)28(41)36-23(13-19-5-3-4-6-19)26(39)29(2)17-43-29/h7-10,18-19,22-24,34H,3-6,11-17H2,1-2H3,(H,35,38)(H,36,41)(H,37,40)/t18-,22?,23-,24-,29+/m0/s1. The molecule has 2 saturated heterocycles. The first-order chi connectivity index (χ1) is 20.8. The molecule has 3 fully saturated rings. The molecule has 1 saturated carbocycles. The van der Waals surface area contributed by atoms with Crippen molar-refractivity contribution in [3.63, 3.8) is 0 Å². The van der Waals surface area contributed by atoms with E-state index in [2.05, 4.69) is 26.0 Å². The SMILES string of the molecule is C[C@H](NC(=O)CC1CNCCO1)C(=O)N[C@@H](Cc1ccc(OC(F)(F)F)cc1)C(=O)N[C@@H](CC1CCCC1)C(=O)[C@@]1(C)CO1. The van der Waals surface area contributed by atoms with Crippen molar-refractivity contribution in [3.05, 3.63) is 29.8 Å². The van der Waals surface area contributed by atoms with Gasteiger partial charge < -0.3 is 35.5 Å². The average molecular weight is 627 g/mol. The predicted octanol–water partition coefficient (Wildman–Crippen LogP) is 1.92. The fraction of sp³-hybridized carbons (Fsp3) is 0.667. The van der Waals surface area contributed by atoms with Gasteiger partial charge in [0.1, 0.15) is 23.4 Å². The van der Waals surface area contributed by atoms with Crippen LogP contribution in [0.2, 0.25) is 0 Å². The van der Waals surface area contributed by atoms with Gasteiger partial charge in [-0.2, -0.15) is 0 Å². The molecule has 11 nitrogen and oxygen atoms in total. The monoisotopic (exact) mass is 626 g/mol. The van der Waals surface area contributed by atoms with E-state index in [1.807, 2.05) is 0 Å². The molecule has 1 aromatic rings. The Balaban J connectivity index is 1.45. The van der Waals surface area contributed by atoms with Crippen molar-refractivity contribution in [2.75, 3.05) is 26.3 Å². The number of nitrogens with one attached hydrogen (secondary N) is 4. The number of carbonyl (C=O) groups excluding carboxylic acids is 4. The van der Waals surface area contributed by atoms with Crippen molar-refractivity contribution in [2.24, 2.45) is 5.92 Å². The third-order valence-corrected chi connectivity index (χ3v) is 8.19. The van der Waals surface area contributed by atoms with Gasteiger partial charge in [-0.1, -0.05) is 37.8 Å². The molecule has 2 heterocycles. The lowest BCUT2D eigenvalue weighted by atomic mass is 9.90. The highest BCUT2D eigenvalue weighted by molar-refractivity contribution is 5.98. The number of amides is 3. The second-order valence-corrected chi connectivity index (χ2v) is 12.0. The molecule has 0 aromatic heterocycles. The molecule has 4 N–H and O–H groups in total. The van der Waals surface area contributed by atoms with Crippen LogP contribution in [0.15, 0.2) is 24.3 Å². The smallest absolute Gasteiger partial charge is 0.406 e. The Morgan fingerprint density at radius 1 is 1.05 bits per heavy atom. The highest BCUT2D eigenvalue weighted by Crippen LogP contribution is 2.33. The second-order valence-electron chi connectivity index (χ2n) is 12.0. The Bertz CT molecular complexity index is 1160. The summed E-state index contributed by atoms with van der Waals surface area (Å²) >= 11 is 0. The summed E-state index contributed by atoms with van der Waals surface area (Å²) in [5.74, 6) is -2.08. The Kier molecular flexibility index (Phi) is 11.2. The molecule has 4 rings (SSSR count). The topological polar surface area (TPSA) is 147 Å². The first-order valence-corrected chi connectivity index (χ1v) is 15.1. The number of rotatable bonds is 14. The molecule has 0 spiro atoms. The summed E-state index contributed by atoms with van der Waals surface area (Å²) in [6.07, 6.45) is -0.796. The van der Waals surface area contributed by atoms with Gasteiger partial charge in [0.05, 0.1) is 31.8 Å². The Morgan fingerprint density at radius 3 is 2.30 bits per heavy atom. The normalized spacial score (nSPS) is 24.1. The maximum atomic E-state index is 13.7. The Labute approximate surface area is 254 Å². The van der Waals surface area contributed by atoms with Crippen molar-refractivity contribution in [3.8, 4) is 5.75 Å². The zero-order valence-electron chi connectivity index (χ0n) is 25.0. The lowest BCUT2D eigenvalue weighted by Gasteiger charge is -2.27. The minimum Gasteiger partial charge on any atom is -0.406 e. The number of morpholine rings is 1. The fourth-order valence-corrected chi connectivity index (χ4v) is 5.59. The molecular weight excluding hydrogens is 585 g/mol. The van der Waals surface area contributed by atoms with E-state index >= 15 is 0 Å². The minimum atomic E-state index is -4.86. The zero-order valence-corrected chi connectivity index (χ0v) is 25.0. The van der Waals surface area contributed by atoms with Crippen LogP contribution in [0.5, 0.6) is 5.75 Å². The van der Waals surface area contributed by atoms with Gasteiger partial charge in [0.2, 0.25) is 17.7 Å². The number of epoxide rings is 1. The van der Waals surface area contributed by atoms with Crippen LogP contribution in [0.25, 0.3) is 0 Å². The number of hydrogen-bond acceptors (Lipinski definition) is 8. The van der Waals surface area contributed by atoms with Crippen LogP contribution in [0, 0.1) is 5.92 Å². The Morgan fingerprint density at radius 2 is 1.70 bits per heavy atom. The predicted molar refractivity (Wildman–Crippen MR) is 151 cm³/mol. The third kappa shape index (κ3) is 10.2. The number of hydrogen-bond donors (Lipinski definition) is 4. The number of ketones is 1. The number of alkyl halides is 3. The summed E-state index contributed by atoms with van der Waals surface area (Å²) < 4.78 is 52.7. The molecule has 0 bridgehead atoms. The molecular formula is C30H41F3N4O7. The number of halogens is 3. The largest absolute Gasteiger partial charge is 0.573 e. The summed E-state index contributed by atoms with van der Waals surface area (Å²) in [7, 11) is 0. The lowest BCUT2D eigenvalue weighted by Crippen LogP contribution is -2.57. The van der Waals surface area contributed by atoms with Crippen LogP contribution in [-0.2, 0) is 35.1 Å². The van der Waals surface area contributed by atoms with E-state index in [-0.39, 0.29) is 37.3 Å². The molecule has 1 unspecified atom stereocenters. The van der Waals surface area contributed by atoms with E-state index in [1.54, 1.807) is 6.92 Å². The second kappa shape index (κ2) is 14.7. The van der Waals surface area contributed by atoms with Gasteiger partial charge in [-0.3, -0.25) is 19.2 Å². The third-order valence-electron chi connectivity index (χ3n) is 8.19. The highest BCUT2D eigenvalue weighted by Gasteiger charge is 2.50. The molecule has 2 aliphatic heterocycles. The summed E-state index contributed by atoms with van der Waals surface area (Å²) in [6, 6.07) is 1.90. The van der Waals surface area contributed by atoms with Crippen molar-refractivity contribution >= 4 is 23.5 Å². The van der Waals surface area contributed by atoms with Crippen LogP contribution < -0.4 is 26.0 Å². The van der Waals surface area contributed by atoms with Crippen molar-refractivity contribution in [1.82, 2.24) is 21.3 Å². The molecule has 5 atom stereocenters. The molecule has 14 heteroatoms. The summed E-state index contributed by atoms with van der Waals surface area (Å²) in [5.41, 5.74) is -0.533. The first-order valence-electron chi connectivity index (χ1n) is 15.1. The van der Waals surface area contributed by atoms with Gasteiger partial charge in [0, 0.05) is 19.5 Å². The van der Waals surface area contributed by atoms with E-state index in [0.717, 1.165) is 37.8 Å².